The highest BCUT2D eigenvalue weighted by Crippen LogP contribution is 2.48. The quantitative estimate of drug-likeness (QED) is 0.178. The van der Waals surface area contributed by atoms with E-state index in [9.17, 15) is 0 Å². The van der Waals surface area contributed by atoms with Crippen LogP contribution in [0.5, 0.6) is 0 Å². The molecule has 55 heavy (non-hydrogen) atoms. The molecular weight excluding hydrogens is 679 g/mol. The molecule has 0 aliphatic rings. The Labute approximate surface area is 313 Å². The van der Waals surface area contributed by atoms with Gasteiger partial charge in [-0.3, -0.25) is 0 Å². The molecule has 0 saturated carbocycles. The molecule has 12 rings (SSSR count). The Kier molecular flexibility index (Phi) is 6.24. The third-order valence-corrected chi connectivity index (χ3v) is 10.8. The SMILES string of the molecule is c1ccc(-c2nc3cc4c(cc3o2)oc2ccc(N(c3cccc5c3oc3ccccc35)c3cccc5c3c3ccccc3n5-c3ccccc3)cc24)cc1. The predicted molar refractivity (Wildman–Crippen MR) is 223 cm³/mol. The molecule has 0 amide bonds. The zero-order valence-corrected chi connectivity index (χ0v) is 29.3. The van der Waals surface area contributed by atoms with E-state index >= 15 is 0 Å². The van der Waals surface area contributed by atoms with Crippen molar-refractivity contribution in [1.29, 1.82) is 0 Å². The number of hydrogen-bond acceptors (Lipinski definition) is 5. The first kappa shape index (κ1) is 29.9. The molecule has 0 spiro atoms. The molecule has 0 aliphatic carbocycles. The summed E-state index contributed by atoms with van der Waals surface area (Å²) >= 11 is 0. The number of benzene rings is 8. The van der Waals surface area contributed by atoms with Crippen molar-refractivity contribution in [2.75, 3.05) is 4.90 Å². The molecule has 0 fully saturated rings. The summed E-state index contributed by atoms with van der Waals surface area (Å²) < 4.78 is 21.8. The van der Waals surface area contributed by atoms with Gasteiger partial charge in [0.1, 0.15) is 22.3 Å². The number of anilines is 3. The third kappa shape index (κ3) is 4.46. The van der Waals surface area contributed by atoms with Crippen molar-refractivity contribution in [3.8, 4) is 17.1 Å². The standard InChI is InChI=1S/C49H29N3O3/c1-3-13-30(14-4-1)49-50-38-28-37-36-27-32(25-26-44(36)53-45(37)29-46(38)55-49)52(42-23-11-19-34-33-17-8-10-24-43(33)54-48(34)42)41-22-12-21-40-47(41)35-18-7-9-20-39(35)51(40)31-15-5-2-6-16-31/h1-29H. The zero-order valence-electron chi connectivity index (χ0n) is 29.3. The molecule has 6 heteroatoms. The lowest BCUT2D eigenvalue weighted by atomic mass is 10.1. The van der Waals surface area contributed by atoms with Crippen molar-refractivity contribution in [3.05, 3.63) is 176 Å². The van der Waals surface area contributed by atoms with E-state index in [4.69, 9.17) is 18.2 Å². The van der Waals surface area contributed by atoms with Crippen LogP contribution in [-0.2, 0) is 0 Å². The van der Waals surface area contributed by atoms with Crippen molar-refractivity contribution in [2.24, 2.45) is 0 Å². The molecular formula is C49H29N3O3. The van der Waals surface area contributed by atoms with Gasteiger partial charge in [0.2, 0.25) is 5.89 Å². The van der Waals surface area contributed by atoms with Gasteiger partial charge in [0, 0.05) is 55.3 Å². The number of para-hydroxylation sites is 4. The first-order valence-corrected chi connectivity index (χ1v) is 18.4. The van der Waals surface area contributed by atoms with Crippen molar-refractivity contribution >= 4 is 93.8 Å². The maximum absolute atomic E-state index is 6.73. The third-order valence-electron chi connectivity index (χ3n) is 10.8. The fraction of sp³-hybridized carbons (Fsp3) is 0. The summed E-state index contributed by atoms with van der Waals surface area (Å²) in [6.07, 6.45) is 0. The van der Waals surface area contributed by atoms with E-state index in [1.807, 2.05) is 48.5 Å². The minimum absolute atomic E-state index is 0.584. The first-order valence-electron chi connectivity index (χ1n) is 18.4. The molecule has 0 unspecified atom stereocenters. The number of hydrogen-bond donors (Lipinski definition) is 0. The lowest BCUT2D eigenvalue weighted by Crippen LogP contribution is -2.10. The molecule has 258 valence electrons. The Morgan fingerprint density at radius 3 is 2.02 bits per heavy atom. The average Bonchev–Trinajstić information content (AvgIpc) is 4.01. The first-order chi connectivity index (χ1) is 27.3. The summed E-state index contributed by atoms with van der Waals surface area (Å²) in [6, 6.07) is 60.9. The molecule has 0 bridgehead atoms. The topological polar surface area (TPSA) is 60.5 Å². The summed E-state index contributed by atoms with van der Waals surface area (Å²) in [7, 11) is 0. The van der Waals surface area contributed by atoms with Crippen LogP contribution >= 0.6 is 0 Å². The number of furan rings is 2. The summed E-state index contributed by atoms with van der Waals surface area (Å²) in [5, 5.41) is 6.41. The van der Waals surface area contributed by atoms with E-state index in [2.05, 4.69) is 137 Å². The summed E-state index contributed by atoms with van der Waals surface area (Å²) in [5.41, 5.74) is 11.9. The second-order valence-corrected chi connectivity index (χ2v) is 13.9. The van der Waals surface area contributed by atoms with Gasteiger partial charge in [-0.05, 0) is 78.9 Å². The lowest BCUT2D eigenvalue weighted by molar-refractivity contribution is 0.617. The Morgan fingerprint density at radius 1 is 0.436 bits per heavy atom. The molecule has 0 N–H and O–H groups in total. The van der Waals surface area contributed by atoms with Crippen molar-refractivity contribution in [2.45, 2.75) is 0 Å². The Morgan fingerprint density at radius 2 is 1.13 bits per heavy atom. The van der Waals surface area contributed by atoms with E-state index in [0.29, 0.717) is 11.5 Å². The number of oxazole rings is 1. The maximum atomic E-state index is 6.73. The van der Waals surface area contributed by atoms with Crippen molar-refractivity contribution in [3.63, 3.8) is 0 Å². The lowest BCUT2D eigenvalue weighted by Gasteiger charge is -2.26. The van der Waals surface area contributed by atoms with Gasteiger partial charge < -0.3 is 22.7 Å². The fourth-order valence-corrected chi connectivity index (χ4v) is 8.39. The molecule has 0 aliphatic heterocycles. The summed E-state index contributed by atoms with van der Waals surface area (Å²) in [6.45, 7) is 0. The summed E-state index contributed by atoms with van der Waals surface area (Å²) in [5.74, 6) is 0.584. The fourth-order valence-electron chi connectivity index (χ4n) is 8.39. The van der Waals surface area contributed by atoms with Crippen LogP contribution in [0.25, 0.3) is 93.9 Å². The molecule has 6 nitrogen and oxygen atoms in total. The van der Waals surface area contributed by atoms with E-state index in [1.54, 1.807) is 0 Å². The van der Waals surface area contributed by atoms with Crippen molar-refractivity contribution < 1.29 is 13.3 Å². The second kappa shape index (κ2) is 11.5. The van der Waals surface area contributed by atoms with Crippen LogP contribution in [-0.4, -0.2) is 9.55 Å². The predicted octanol–water partition coefficient (Wildman–Crippen LogP) is 13.9. The van der Waals surface area contributed by atoms with E-state index in [-0.39, 0.29) is 0 Å². The number of fused-ring (bicyclic) bond motifs is 10. The number of rotatable bonds is 5. The smallest absolute Gasteiger partial charge is 0.227 e. The minimum atomic E-state index is 0.584. The minimum Gasteiger partial charge on any atom is -0.456 e. The van der Waals surface area contributed by atoms with Crippen LogP contribution in [0.3, 0.4) is 0 Å². The van der Waals surface area contributed by atoms with Crippen molar-refractivity contribution in [1.82, 2.24) is 9.55 Å². The average molecular weight is 708 g/mol. The summed E-state index contributed by atoms with van der Waals surface area (Å²) in [4.78, 5) is 7.23. The van der Waals surface area contributed by atoms with Crippen LogP contribution in [0.2, 0.25) is 0 Å². The monoisotopic (exact) mass is 707 g/mol. The van der Waals surface area contributed by atoms with Gasteiger partial charge in [-0.15, -0.1) is 0 Å². The highest BCUT2D eigenvalue weighted by atomic mass is 16.4. The van der Waals surface area contributed by atoms with Crippen LogP contribution in [0.4, 0.5) is 17.1 Å². The number of nitrogens with zero attached hydrogens (tertiary/aromatic N) is 3. The van der Waals surface area contributed by atoms with Gasteiger partial charge in [-0.25, -0.2) is 4.98 Å². The maximum Gasteiger partial charge on any atom is 0.227 e. The molecule has 4 aromatic heterocycles. The molecule has 0 radical (unpaired) electrons. The Balaban J connectivity index is 1.14. The second-order valence-electron chi connectivity index (χ2n) is 13.9. The molecule has 12 aromatic rings. The molecule has 4 heterocycles. The van der Waals surface area contributed by atoms with Gasteiger partial charge in [0.25, 0.3) is 0 Å². The molecule has 0 atom stereocenters. The highest BCUT2D eigenvalue weighted by Gasteiger charge is 2.25. The molecule has 8 aromatic carbocycles. The van der Waals surface area contributed by atoms with Gasteiger partial charge in [-0.1, -0.05) is 91.0 Å². The van der Waals surface area contributed by atoms with E-state index in [1.165, 1.54) is 0 Å². The van der Waals surface area contributed by atoms with Gasteiger partial charge in [-0.2, -0.15) is 0 Å². The van der Waals surface area contributed by atoms with Gasteiger partial charge >= 0.3 is 0 Å². The van der Waals surface area contributed by atoms with E-state index < -0.39 is 0 Å². The van der Waals surface area contributed by atoms with Gasteiger partial charge in [0.05, 0.1) is 22.4 Å². The van der Waals surface area contributed by atoms with E-state index in [0.717, 1.165) is 99.5 Å². The van der Waals surface area contributed by atoms with Crippen LogP contribution in [0.1, 0.15) is 0 Å². The van der Waals surface area contributed by atoms with Gasteiger partial charge in [0.15, 0.2) is 11.2 Å². The Hall–Kier alpha value is -7.57. The largest absolute Gasteiger partial charge is 0.456 e. The number of aromatic nitrogens is 2. The highest BCUT2D eigenvalue weighted by molar-refractivity contribution is 6.19. The van der Waals surface area contributed by atoms with Crippen LogP contribution < -0.4 is 4.90 Å². The van der Waals surface area contributed by atoms with Crippen LogP contribution in [0, 0.1) is 0 Å². The Bertz CT molecular complexity index is 3440. The zero-order chi connectivity index (χ0) is 36.0. The normalized spacial score (nSPS) is 12.0. The molecule has 0 saturated heterocycles. The van der Waals surface area contributed by atoms with Crippen LogP contribution in [0.15, 0.2) is 189 Å².